The zero-order valence-electron chi connectivity index (χ0n) is 73.3. The first-order chi connectivity index (χ1) is 58.8. The second kappa shape index (κ2) is 45.6. The molecule has 14 aromatic heterocycles. The molecule has 26 heteroatoms. The van der Waals surface area contributed by atoms with E-state index in [1.165, 1.54) is 0 Å². The summed E-state index contributed by atoms with van der Waals surface area (Å²) in [5, 5.41) is 0. The molecule has 18 heterocycles. The van der Waals surface area contributed by atoms with E-state index in [9.17, 15) is 0 Å². The van der Waals surface area contributed by atoms with Gasteiger partial charge in [0.1, 0.15) is 99.1 Å². The van der Waals surface area contributed by atoms with Crippen LogP contribution in [0.3, 0.4) is 0 Å². The van der Waals surface area contributed by atoms with Crippen LogP contribution in [-0.2, 0) is 139 Å². The van der Waals surface area contributed by atoms with Gasteiger partial charge in [-0.15, -0.1) is 44.1 Å². The third-order valence-electron chi connectivity index (χ3n) is 24.2. The van der Waals surface area contributed by atoms with Crippen LogP contribution in [0, 0.1) is 0 Å². The van der Waals surface area contributed by atoms with Crippen LogP contribution in [0.2, 0.25) is 0 Å². The van der Waals surface area contributed by atoms with E-state index in [0.29, 0.717) is 0 Å². The van der Waals surface area contributed by atoms with Gasteiger partial charge in [0.05, 0.1) is 195 Å². The van der Waals surface area contributed by atoms with Crippen molar-refractivity contribution in [3.8, 4) is 91.1 Å². The summed E-state index contributed by atoms with van der Waals surface area (Å²) < 4.78 is 36.9. The zero-order valence-corrected chi connectivity index (χ0v) is 75.6. The van der Waals surface area contributed by atoms with E-state index in [4.69, 9.17) is 39.9 Å². The second-order valence-corrected chi connectivity index (χ2v) is 30.3. The summed E-state index contributed by atoms with van der Waals surface area (Å²) in [6, 6.07) is 17.3. The molecular weight excluding hydrogens is 1710 g/mol. The summed E-state index contributed by atoms with van der Waals surface area (Å²) in [6.45, 7) is 48.0. The van der Waals surface area contributed by atoms with Gasteiger partial charge < -0.3 is 19.9 Å². The Hall–Kier alpha value is -12.1. The molecule has 0 amide bonds. The molecular formula is C105H148Mn2N24+9. The minimum Gasteiger partial charge on any atom is -0.656 e. The Bertz CT molecular complexity index is 5440. The maximum Gasteiger partial charge on any atom is 3.00 e. The molecule has 18 rings (SSSR count). The first kappa shape index (κ1) is 108. The summed E-state index contributed by atoms with van der Waals surface area (Å²) in [4.78, 5) is 44.7. The molecule has 1 radical (unpaired) electrons. The summed E-state index contributed by atoms with van der Waals surface area (Å²) in [6.07, 6.45) is 52.0. The third-order valence-corrected chi connectivity index (χ3v) is 24.2. The van der Waals surface area contributed by atoms with Crippen LogP contribution in [0.5, 0.6) is 0 Å². The Labute approximate surface area is 801 Å². The summed E-state index contributed by atoms with van der Waals surface area (Å²) in [5.74, 6) is 8.59. The Balaban J connectivity index is 0.000000372. The maximum atomic E-state index is 5.59. The van der Waals surface area contributed by atoms with E-state index in [1.54, 1.807) is 0 Å². The van der Waals surface area contributed by atoms with Gasteiger partial charge in [-0.05, 0) is 159 Å². The fourth-order valence-electron chi connectivity index (χ4n) is 18.1. The smallest absolute Gasteiger partial charge is 0.656 e. The molecule has 4 aliphatic rings. The molecule has 0 unspecified atom stereocenters. The van der Waals surface area contributed by atoms with Gasteiger partial charge in [-0.1, -0.05) is 115 Å². The molecule has 0 aliphatic carbocycles. The van der Waals surface area contributed by atoms with Crippen molar-refractivity contribution in [2.45, 2.75) is 282 Å². The van der Waals surface area contributed by atoms with E-state index in [1.807, 2.05) is 0 Å². The quantitative estimate of drug-likeness (QED) is 0.0424. The molecule has 0 saturated carbocycles. The fraction of sp³-hybridized carbons (Fsp3) is 0.390. The van der Waals surface area contributed by atoms with Gasteiger partial charge in [-0.2, -0.15) is 0 Å². The predicted molar refractivity (Wildman–Crippen MR) is 534 cm³/mol. The van der Waals surface area contributed by atoms with Crippen molar-refractivity contribution in [1.29, 1.82) is 0 Å². The van der Waals surface area contributed by atoms with Crippen LogP contribution < -0.4 is 56.5 Å². The number of imidazole rings is 8. The largest absolute Gasteiger partial charge is 3.00 e. The molecule has 0 saturated heterocycles. The van der Waals surface area contributed by atoms with E-state index in [-0.39, 0.29) is 101 Å². The topological polar surface area (TPSA) is 178 Å². The van der Waals surface area contributed by atoms with Crippen molar-refractivity contribution >= 4 is 92.7 Å². The number of hydrogen-bond acceptors (Lipinski definition) is 4. The standard InChI is InChI=1S/2C48H56N12.9CH4.2Mn/c2*1-9-53-25-26-54(10-2)45(53)41-33-17-19-35(49-33)42(46-55(11-3)27-28-56(46)12-4)37-21-23-39(51-37)44(48-59(15-7)31-32-60(48)16-8)40-24-22-38(52-40)43(36-20-18-34(41)50-36)47-57(13-5)29-30-58(47)14-6;;;;;;;;;;;/h2*17-32H,9-16H2,1-8H3;9*1H4;;/q2*+2;;;;;;;;;;+2;+3. The van der Waals surface area contributed by atoms with Gasteiger partial charge in [0.15, 0.2) is 0 Å². The van der Waals surface area contributed by atoms with Gasteiger partial charge in [0, 0.05) is 0 Å². The van der Waals surface area contributed by atoms with Gasteiger partial charge in [0.25, 0.3) is 46.6 Å². The van der Waals surface area contributed by atoms with Crippen molar-refractivity contribution in [3.63, 3.8) is 0 Å². The Morgan fingerprint density at radius 1 is 0.198 bits per heavy atom. The maximum absolute atomic E-state index is 5.59. The molecule has 0 spiro atoms. The molecule has 24 nitrogen and oxygen atoms in total. The molecule has 131 heavy (non-hydrogen) atoms. The molecule has 4 aliphatic heterocycles. The van der Waals surface area contributed by atoms with Crippen LogP contribution in [0.15, 0.2) is 148 Å². The van der Waals surface area contributed by atoms with Crippen molar-refractivity contribution in [3.05, 3.63) is 193 Å². The number of aryl methyl sites for hydroxylation is 16. The summed E-state index contributed by atoms with van der Waals surface area (Å²) in [5.41, 5.74) is 21.8. The van der Waals surface area contributed by atoms with Gasteiger partial charge >= 0.3 is 34.1 Å². The number of nitrogens with zero attached hydrogens (tertiary/aromatic N) is 24. The van der Waals surface area contributed by atoms with Crippen molar-refractivity contribution < 1.29 is 70.7 Å². The number of rotatable bonds is 24. The van der Waals surface area contributed by atoms with Gasteiger partial charge in [0.2, 0.25) is 0 Å². The number of hydrogen-bond donors (Lipinski definition) is 0. The van der Waals surface area contributed by atoms with E-state index < -0.39 is 0 Å². The zero-order chi connectivity index (χ0) is 83.3. The number of aromatic nitrogens is 24. The van der Waals surface area contributed by atoms with E-state index in [2.05, 4.69) is 380 Å². The minimum absolute atomic E-state index is 0. The van der Waals surface area contributed by atoms with Crippen molar-refractivity contribution in [2.24, 2.45) is 0 Å². The fourth-order valence-corrected chi connectivity index (χ4v) is 18.1. The summed E-state index contributed by atoms with van der Waals surface area (Å²) in [7, 11) is 0. The van der Waals surface area contributed by atoms with Crippen LogP contribution in [0.25, 0.3) is 184 Å². The second-order valence-electron chi connectivity index (χ2n) is 30.3. The normalized spacial score (nSPS) is 11.4. The molecule has 693 valence electrons. The predicted octanol–water partition coefficient (Wildman–Crippen LogP) is 19.9. The average Bonchev–Trinajstić information content (AvgIpc) is 1.59. The Morgan fingerprint density at radius 3 is 0.397 bits per heavy atom. The molecule has 16 bridgehead atoms. The van der Waals surface area contributed by atoms with Gasteiger partial charge in [-0.25, -0.2) is 93.0 Å². The van der Waals surface area contributed by atoms with Crippen LogP contribution in [0.1, 0.15) is 223 Å². The summed E-state index contributed by atoms with van der Waals surface area (Å²) >= 11 is 0. The number of fused-ring (bicyclic) bond motifs is 16. The monoisotopic (exact) mass is 1860 g/mol. The molecule has 0 fully saturated rings. The Kier molecular flexibility index (Phi) is 37.5. The SMILES string of the molecule is C.C.C.C.C.C.C.C.C.CCn1cc[n+](CC)c1-c1c2nc(c(-c3n(CC)cc[n+]3CC)c3ccc([n-]3)c(-c3n(CC)cc[n+]3CC)c3nc(c(-c4n(CC)cc[n+]4CC)c4ccc1[n-]4)C=C3)C=C2.CCn1cc[n+](CC)c1-c1c2nc(c(-c3n(CC)cc[n+]3CC)c3ccc([n-]3)c(-c3n(CC)cc[n+]3CC)c3nc(c(-c4n(CC)cc[n+]4CC)c4ccc1[n-]4)C=C3)C=C2.[Mn+2].[Mn+3]. The first-order valence-electron chi connectivity index (χ1n) is 43.6. The first-order valence-corrected chi connectivity index (χ1v) is 43.6. The van der Waals surface area contributed by atoms with E-state index in [0.717, 1.165) is 286 Å². The molecule has 0 aromatic carbocycles. The molecule has 0 atom stereocenters. The van der Waals surface area contributed by atoms with Crippen LogP contribution in [-0.4, -0.2) is 56.5 Å². The van der Waals surface area contributed by atoms with Gasteiger partial charge in [-0.3, -0.25) is 0 Å². The average molecular weight is 1860 g/mol. The van der Waals surface area contributed by atoms with Crippen molar-refractivity contribution in [1.82, 2.24) is 76.4 Å². The third kappa shape index (κ3) is 18.6. The van der Waals surface area contributed by atoms with Crippen LogP contribution in [0.4, 0.5) is 0 Å². The van der Waals surface area contributed by atoms with E-state index >= 15 is 0 Å². The van der Waals surface area contributed by atoms with Crippen molar-refractivity contribution in [2.75, 3.05) is 0 Å². The Morgan fingerprint density at radius 2 is 0.305 bits per heavy atom. The minimum atomic E-state index is 0. The van der Waals surface area contributed by atoms with Crippen LogP contribution >= 0.6 is 0 Å². The molecule has 14 aromatic rings. The molecule has 0 N–H and O–H groups in total.